The molecule has 0 fully saturated rings. The molecule has 0 amide bonds. The fourth-order valence-corrected chi connectivity index (χ4v) is 23.7. The molecular weight excluding hydrogens is 611 g/mol. The molecule has 2 heterocycles. The summed E-state index contributed by atoms with van der Waals surface area (Å²) in [5.41, 5.74) is 5.90. The van der Waals surface area contributed by atoms with E-state index in [0.717, 1.165) is 12.8 Å². The number of nitrogens with zero attached hydrogens (tertiary/aromatic N) is 2. The van der Waals surface area contributed by atoms with Gasteiger partial charge in [0.2, 0.25) is 0 Å². The Kier molecular flexibility index (Phi) is 9.53. The normalized spacial score (nSPS) is 16.9. The zero-order chi connectivity index (χ0) is 25.0. The summed E-state index contributed by atoms with van der Waals surface area (Å²) in [6.45, 7) is 17.4. The van der Waals surface area contributed by atoms with Crippen molar-refractivity contribution in [2.24, 2.45) is 0 Å². The van der Waals surface area contributed by atoms with E-state index in [9.17, 15) is 0 Å². The molecule has 0 unspecified atom stereocenters. The van der Waals surface area contributed by atoms with Crippen LogP contribution in [0.25, 0.3) is 11.1 Å². The molecule has 2 aromatic heterocycles. The first-order chi connectivity index (χ1) is 15.7. The summed E-state index contributed by atoms with van der Waals surface area (Å²) in [5.74, 6) is 0. The van der Waals surface area contributed by atoms with Gasteiger partial charge in [-0.15, -0.1) is 24.8 Å². The summed E-state index contributed by atoms with van der Waals surface area (Å²) in [6.07, 6.45) is 15.3. The fourth-order valence-electron chi connectivity index (χ4n) is 5.84. The topological polar surface area (TPSA) is 25.8 Å². The van der Waals surface area contributed by atoms with Crippen molar-refractivity contribution in [3.8, 4) is 0 Å². The molecule has 8 heteroatoms. The van der Waals surface area contributed by atoms with Gasteiger partial charge in [-0.25, -0.2) is 0 Å². The molecule has 0 bridgehead atoms. The molecule has 0 saturated carbocycles. The van der Waals surface area contributed by atoms with E-state index in [0.29, 0.717) is 0 Å². The van der Waals surface area contributed by atoms with Crippen LogP contribution in [-0.2, 0) is 17.4 Å². The average molecular weight is 653 g/mol. The van der Waals surface area contributed by atoms with E-state index in [1.807, 2.05) is 24.8 Å². The largest absolute Gasteiger partial charge is 0.147 e. The molecule has 0 N–H and O–H groups in total. The minimum absolute atomic E-state index is 0. The molecule has 0 saturated heterocycles. The minimum atomic E-state index is -3.54. The van der Waals surface area contributed by atoms with Crippen molar-refractivity contribution in [1.29, 1.82) is 0 Å². The zero-order valence-electron chi connectivity index (χ0n) is 23.1. The van der Waals surface area contributed by atoms with Gasteiger partial charge in [0, 0.05) is 0 Å². The average Bonchev–Trinajstić information content (AvgIpc) is 3.41. The zero-order valence-corrected chi connectivity index (χ0v) is 30.6. The molecule has 194 valence electrons. The van der Waals surface area contributed by atoms with Crippen LogP contribution in [0.15, 0.2) is 78.2 Å². The fraction of sp³-hybridized carbons (Fsp3) is 0.357. The second-order valence-corrected chi connectivity index (χ2v) is 51.8. The van der Waals surface area contributed by atoms with Crippen LogP contribution in [0.4, 0.5) is 0 Å². The molecule has 0 aromatic carbocycles. The molecule has 0 spiro atoms. The van der Waals surface area contributed by atoms with Crippen molar-refractivity contribution in [1.82, 2.24) is 9.97 Å². The van der Waals surface area contributed by atoms with E-state index < -0.39 is 33.5 Å². The van der Waals surface area contributed by atoms with Gasteiger partial charge in [0.1, 0.15) is 0 Å². The molecule has 2 aromatic rings. The van der Waals surface area contributed by atoms with E-state index >= 15 is 0 Å². The number of pyridine rings is 2. The van der Waals surface area contributed by atoms with Crippen molar-refractivity contribution in [2.45, 2.75) is 61.4 Å². The SMILES string of the molecule is C[Si](C)(C)C1=CC[C]([Zr]([CH3])([CH3])(=[SiH2])[C]2=C(c3ccncc3)C([Si](C)(C)C)=CC2)=C1c1ccncc1.Cl.Cl. The van der Waals surface area contributed by atoms with Crippen LogP contribution < -0.4 is 0 Å². The molecule has 36 heavy (non-hydrogen) atoms. The first-order valence-corrected chi connectivity index (χ1v) is 32.8. The predicted octanol–water partition coefficient (Wildman–Crippen LogP) is 8.19. The van der Waals surface area contributed by atoms with Crippen LogP contribution in [-0.4, -0.2) is 33.0 Å². The second-order valence-electron chi connectivity index (χ2n) is 13.0. The van der Waals surface area contributed by atoms with E-state index in [-0.39, 0.29) is 24.8 Å². The maximum atomic E-state index is 4.34. The van der Waals surface area contributed by atoms with Crippen LogP contribution in [0, 0.1) is 0 Å². The standard InChI is InChI=1S/2C13H16NSi.2CH3.2ClH.H2Si.Zr/c2*1-15(2,3)13-6-4-5-12(13)11-7-9-14-10-8-11;;;;;;/h2*6-10H,4H2,1-3H3;2*1H3;2*1H;1H2;. The summed E-state index contributed by atoms with van der Waals surface area (Å²) in [7, 11) is -3.00. The Hall–Kier alpha value is -0.626. The number of aromatic nitrogens is 2. The van der Waals surface area contributed by atoms with Gasteiger partial charge in [0.05, 0.1) is 0 Å². The van der Waals surface area contributed by atoms with Crippen molar-refractivity contribution >= 4 is 59.0 Å². The van der Waals surface area contributed by atoms with E-state index in [4.69, 9.17) is 0 Å². The maximum absolute atomic E-state index is 4.34. The van der Waals surface area contributed by atoms with Gasteiger partial charge in [-0.3, -0.25) is 0 Å². The van der Waals surface area contributed by atoms with E-state index in [1.165, 1.54) is 11.1 Å². The van der Waals surface area contributed by atoms with Crippen LogP contribution in [0.5, 0.6) is 0 Å². The number of hydrogen-bond acceptors (Lipinski definition) is 2. The Morgan fingerprint density at radius 2 is 0.944 bits per heavy atom. The van der Waals surface area contributed by atoms with Gasteiger partial charge in [-0.05, 0) is 0 Å². The van der Waals surface area contributed by atoms with Gasteiger partial charge in [-0.1, -0.05) is 0 Å². The van der Waals surface area contributed by atoms with Gasteiger partial charge >= 0.3 is 212 Å². The minimum Gasteiger partial charge on any atom is -0.147 e. The van der Waals surface area contributed by atoms with Gasteiger partial charge in [0.15, 0.2) is 0 Å². The molecule has 0 atom stereocenters. The molecule has 0 aliphatic heterocycles. The van der Waals surface area contributed by atoms with Gasteiger partial charge in [-0.2, -0.15) is 0 Å². The molecular formula is C28H42Cl2N2Si3Zr. The summed E-state index contributed by atoms with van der Waals surface area (Å²) in [4.78, 5) is 8.69. The Balaban J connectivity index is 0.00000228. The summed E-state index contributed by atoms with van der Waals surface area (Å²) in [5, 5.41) is 3.29. The van der Waals surface area contributed by atoms with Crippen LogP contribution in [0.2, 0.25) is 48.5 Å². The van der Waals surface area contributed by atoms with Crippen LogP contribution in [0.3, 0.4) is 0 Å². The monoisotopic (exact) mass is 650 g/mol. The Bertz CT molecular complexity index is 1230. The second kappa shape index (κ2) is 10.9. The molecule has 0 radical (unpaired) electrons. The third-order valence-electron chi connectivity index (χ3n) is 7.65. The third-order valence-corrected chi connectivity index (χ3v) is 28.6. The predicted molar refractivity (Wildman–Crippen MR) is 169 cm³/mol. The quantitative estimate of drug-likeness (QED) is 0.294. The third kappa shape index (κ3) is 5.84. The van der Waals surface area contributed by atoms with E-state index in [2.05, 4.69) is 102 Å². The number of allylic oxidation sites excluding steroid dienone is 8. The molecule has 2 nitrogen and oxygen atoms in total. The summed E-state index contributed by atoms with van der Waals surface area (Å²) >= 11 is -3.54. The van der Waals surface area contributed by atoms with Crippen molar-refractivity contribution in [3.05, 3.63) is 89.3 Å². The Labute approximate surface area is 235 Å². The Morgan fingerprint density at radius 1 is 0.639 bits per heavy atom. The first-order valence-electron chi connectivity index (χ1n) is 12.5. The van der Waals surface area contributed by atoms with Crippen molar-refractivity contribution in [2.75, 3.05) is 0 Å². The molecule has 2 aliphatic carbocycles. The van der Waals surface area contributed by atoms with Crippen molar-refractivity contribution in [3.63, 3.8) is 0 Å². The summed E-state index contributed by atoms with van der Waals surface area (Å²) < 4.78 is 8.95. The molecule has 4 rings (SSSR count). The smallest absolute Gasteiger partial charge is 0.147 e. The summed E-state index contributed by atoms with van der Waals surface area (Å²) in [6, 6.07) is 8.95. The molecule has 2 aliphatic rings. The number of rotatable bonds is 6. The number of halogens is 2. The number of hydrogen-bond donors (Lipinski definition) is 0. The Morgan fingerprint density at radius 3 is 1.22 bits per heavy atom. The maximum Gasteiger partial charge on any atom is -0.147 e. The first kappa shape index (κ1) is 31.6. The van der Waals surface area contributed by atoms with Gasteiger partial charge < -0.3 is 0 Å². The van der Waals surface area contributed by atoms with Crippen molar-refractivity contribution < 1.29 is 17.4 Å². The van der Waals surface area contributed by atoms with Crippen LogP contribution >= 0.6 is 24.8 Å². The van der Waals surface area contributed by atoms with E-state index in [1.54, 1.807) is 28.1 Å². The van der Waals surface area contributed by atoms with Crippen LogP contribution in [0.1, 0.15) is 24.0 Å². The van der Waals surface area contributed by atoms with Gasteiger partial charge in [0.25, 0.3) is 0 Å².